The van der Waals surface area contributed by atoms with Gasteiger partial charge >= 0.3 is 0 Å². The third-order valence-electron chi connectivity index (χ3n) is 4.32. The largest absolute Gasteiger partial charge is 0.497 e. The van der Waals surface area contributed by atoms with Gasteiger partial charge in [-0.2, -0.15) is 10.2 Å². The van der Waals surface area contributed by atoms with Crippen molar-refractivity contribution in [1.29, 1.82) is 0 Å². The second kappa shape index (κ2) is 7.35. The highest BCUT2D eigenvalue weighted by molar-refractivity contribution is 8.14. The maximum atomic E-state index is 11.5. The number of fused-ring (bicyclic) bond motifs is 1. The van der Waals surface area contributed by atoms with Crippen molar-refractivity contribution in [2.45, 2.75) is 12.2 Å². The second-order valence-corrected chi connectivity index (χ2v) is 7.45. The number of ether oxygens (including phenoxy) is 1. The molecule has 0 saturated heterocycles. The number of carbonyl (C=O) groups is 1. The minimum absolute atomic E-state index is 0.0641. The standard InChI is InChI=1S/C19H17N5O3S/c1-10-16(22-24-19(26)28-10)11-3-8-15-14(9-11)17(18(25)20-15)23-21-12-4-6-13(27-2)7-5-12/h3-10,20,25H,1-2H3,(H,24,26). The number of methoxy groups -OCH3 is 1. The molecule has 4 rings (SSSR count). The molecule has 3 aromatic rings. The zero-order chi connectivity index (χ0) is 19.7. The van der Waals surface area contributed by atoms with Gasteiger partial charge in [-0.3, -0.25) is 4.79 Å². The van der Waals surface area contributed by atoms with Crippen LogP contribution in [0, 0.1) is 0 Å². The average Bonchev–Trinajstić information content (AvgIpc) is 3.01. The summed E-state index contributed by atoms with van der Waals surface area (Å²) in [5.41, 5.74) is 5.79. The van der Waals surface area contributed by atoms with Crippen LogP contribution >= 0.6 is 11.8 Å². The minimum Gasteiger partial charge on any atom is -0.497 e. The Balaban J connectivity index is 1.71. The van der Waals surface area contributed by atoms with E-state index < -0.39 is 0 Å². The number of carbonyl (C=O) groups excluding carboxylic acids is 1. The van der Waals surface area contributed by atoms with E-state index in [1.165, 1.54) is 11.8 Å². The molecule has 1 aliphatic rings. The topological polar surface area (TPSA) is 111 Å². The maximum Gasteiger partial charge on any atom is 0.299 e. The van der Waals surface area contributed by atoms with Gasteiger partial charge in [0.1, 0.15) is 5.75 Å². The Morgan fingerprint density at radius 2 is 1.96 bits per heavy atom. The number of hydrazone groups is 1. The van der Waals surface area contributed by atoms with Gasteiger partial charge in [-0.05, 0) is 48.9 Å². The average molecular weight is 395 g/mol. The summed E-state index contributed by atoms with van der Waals surface area (Å²) in [4.78, 5) is 14.3. The van der Waals surface area contributed by atoms with Crippen LogP contribution < -0.4 is 10.2 Å². The first-order valence-corrected chi connectivity index (χ1v) is 9.38. The van der Waals surface area contributed by atoms with Crippen molar-refractivity contribution >= 4 is 45.0 Å². The number of nitrogens with zero attached hydrogens (tertiary/aromatic N) is 3. The first kappa shape index (κ1) is 18.1. The van der Waals surface area contributed by atoms with Gasteiger partial charge in [-0.15, -0.1) is 5.11 Å². The number of H-pyrrole nitrogens is 1. The zero-order valence-electron chi connectivity index (χ0n) is 15.1. The van der Waals surface area contributed by atoms with E-state index in [9.17, 15) is 9.90 Å². The van der Waals surface area contributed by atoms with Gasteiger partial charge in [0.15, 0.2) is 5.69 Å². The molecule has 1 aromatic heterocycles. The molecule has 0 bridgehead atoms. The summed E-state index contributed by atoms with van der Waals surface area (Å²) in [6.45, 7) is 1.92. The van der Waals surface area contributed by atoms with E-state index in [2.05, 4.69) is 25.7 Å². The molecule has 0 spiro atoms. The predicted octanol–water partition coefficient (Wildman–Crippen LogP) is 4.85. The number of hydrogen-bond donors (Lipinski definition) is 3. The van der Waals surface area contributed by atoms with Gasteiger partial charge in [0.2, 0.25) is 5.88 Å². The van der Waals surface area contributed by atoms with E-state index >= 15 is 0 Å². The van der Waals surface area contributed by atoms with E-state index in [1.807, 2.05) is 25.1 Å². The number of hydrogen-bond acceptors (Lipinski definition) is 7. The lowest BCUT2D eigenvalue weighted by Crippen LogP contribution is -2.29. The second-order valence-electron chi connectivity index (χ2n) is 6.14. The van der Waals surface area contributed by atoms with Gasteiger partial charge < -0.3 is 14.8 Å². The fourth-order valence-electron chi connectivity index (χ4n) is 2.92. The number of amides is 1. The van der Waals surface area contributed by atoms with Crippen LogP contribution in [-0.4, -0.2) is 33.4 Å². The Labute approximate surface area is 164 Å². The van der Waals surface area contributed by atoms with E-state index in [1.54, 1.807) is 31.4 Å². The van der Waals surface area contributed by atoms with Crippen LogP contribution in [0.3, 0.4) is 0 Å². The summed E-state index contributed by atoms with van der Waals surface area (Å²) < 4.78 is 5.13. The molecule has 9 heteroatoms. The number of thioether (sulfide) groups is 1. The van der Waals surface area contributed by atoms with Gasteiger partial charge in [-0.25, -0.2) is 5.43 Å². The summed E-state index contributed by atoms with van der Waals surface area (Å²) in [5.74, 6) is 0.664. The number of aromatic nitrogens is 1. The molecule has 1 atom stereocenters. The molecule has 1 aliphatic heterocycles. The van der Waals surface area contributed by atoms with Crippen LogP contribution in [0.25, 0.3) is 10.9 Å². The lowest BCUT2D eigenvalue weighted by molar-refractivity contribution is 0.261. The summed E-state index contributed by atoms with van der Waals surface area (Å²) in [5, 5.41) is 23.3. The highest BCUT2D eigenvalue weighted by Crippen LogP contribution is 2.37. The monoisotopic (exact) mass is 395 g/mol. The zero-order valence-corrected chi connectivity index (χ0v) is 15.9. The maximum absolute atomic E-state index is 11.5. The molecule has 2 aromatic carbocycles. The van der Waals surface area contributed by atoms with Crippen LogP contribution in [0.15, 0.2) is 57.8 Å². The molecule has 1 amide bonds. The molecule has 8 nitrogen and oxygen atoms in total. The van der Waals surface area contributed by atoms with Gasteiger partial charge in [0, 0.05) is 5.39 Å². The summed E-state index contributed by atoms with van der Waals surface area (Å²) in [6, 6.07) is 12.7. The summed E-state index contributed by atoms with van der Waals surface area (Å²) in [6.07, 6.45) is 0. The fourth-order valence-corrected chi connectivity index (χ4v) is 3.64. The number of aromatic hydroxyl groups is 1. The smallest absolute Gasteiger partial charge is 0.299 e. The molecule has 28 heavy (non-hydrogen) atoms. The Kier molecular flexibility index (Phi) is 4.74. The van der Waals surface area contributed by atoms with Crippen molar-refractivity contribution in [2.75, 3.05) is 7.11 Å². The molecule has 2 heterocycles. The Bertz CT molecular complexity index is 1100. The minimum atomic E-state index is -0.175. The fraction of sp³-hybridized carbons (Fsp3) is 0.158. The molecular formula is C19H17N5O3S. The van der Waals surface area contributed by atoms with E-state index in [0.29, 0.717) is 16.8 Å². The SMILES string of the molecule is COc1ccc(N=Nc2c(O)[nH]c3ccc(C4=NNC(=O)SC4C)cc23)cc1. The van der Waals surface area contributed by atoms with E-state index in [0.717, 1.165) is 22.5 Å². The Hall–Kier alpha value is -3.33. The molecule has 1 unspecified atom stereocenters. The van der Waals surface area contributed by atoms with Crippen molar-refractivity contribution in [3.05, 3.63) is 48.0 Å². The van der Waals surface area contributed by atoms with Crippen molar-refractivity contribution in [1.82, 2.24) is 10.4 Å². The van der Waals surface area contributed by atoms with Crippen LogP contribution in [0.1, 0.15) is 12.5 Å². The number of azo groups is 1. The molecule has 3 N–H and O–H groups in total. The van der Waals surface area contributed by atoms with Crippen LogP contribution in [0.5, 0.6) is 11.6 Å². The molecule has 142 valence electrons. The Morgan fingerprint density at radius 3 is 2.68 bits per heavy atom. The lowest BCUT2D eigenvalue weighted by Gasteiger charge is -2.18. The number of rotatable bonds is 4. The van der Waals surface area contributed by atoms with Crippen molar-refractivity contribution in [3.63, 3.8) is 0 Å². The first-order chi connectivity index (χ1) is 13.5. The van der Waals surface area contributed by atoms with Crippen molar-refractivity contribution in [3.8, 4) is 11.6 Å². The number of aromatic amines is 1. The molecule has 0 saturated carbocycles. The van der Waals surface area contributed by atoms with Crippen LogP contribution in [0.4, 0.5) is 16.2 Å². The van der Waals surface area contributed by atoms with Crippen molar-refractivity contribution in [2.24, 2.45) is 15.3 Å². The van der Waals surface area contributed by atoms with Gasteiger partial charge in [-0.1, -0.05) is 17.8 Å². The molecule has 0 aliphatic carbocycles. The van der Waals surface area contributed by atoms with E-state index in [-0.39, 0.29) is 16.4 Å². The summed E-state index contributed by atoms with van der Waals surface area (Å²) in [7, 11) is 1.60. The quantitative estimate of drug-likeness (QED) is 0.548. The third kappa shape index (κ3) is 3.44. The highest BCUT2D eigenvalue weighted by atomic mass is 32.2. The van der Waals surface area contributed by atoms with Gasteiger partial charge in [0.05, 0.1) is 29.3 Å². The molecular weight excluding hydrogens is 378 g/mol. The van der Waals surface area contributed by atoms with Crippen LogP contribution in [-0.2, 0) is 0 Å². The van der Waals surface area contributed by atoms with E-state index in [4.69, 9.17) is 4.74 Å². The van der Waals surface area contributed by atoms with Crippen molar-refractivity contribution < 1.29 is 14.6 Å². The Morgan fingerprint density at radius 1 is 1.18 bits per heavy atom. The normalized spacial score (nSPS) is 17.0. The third-order valence-corrected chi connectivity index (χ3v) is 5.20. The predicted molar refractivity (Wildman–Crippen MR) is 109 cm³/mol. The lowest BCUT2D eigenvalue weighted by atomic mass is 10.1. The van der Waals surface area contributed by atoms with Gasteiger partial charge in [0.25, 0.3) is 5.24 Å². The highest BCUT2D eigenvalue weighted by Gasteiger charge is 2.23. The molecule has 0 radical (unpaired) electrons. The molecule has 0 fully saturated rings. The first-order valence-electron chi connectivity index (χ1n) is 8.50. The van der Waals surface area contributed by atoms with Crippen LogP contribution in [0.2, 0.25) is 0 Å². The number of benzene rings is 2. The summed E-state index contributed by atoms with van der Waals surface area (Å²) >= 11 is 1.18. The number of nitrogens with one attached hydrogen (secondary N) is 2.